The fraction of sp³-hybridized carbons (Fsp3) is 0.312. The van der Waals surface area contributed by atoms with Crippen LogP contribution in [-0.4, -0.2) is 33.8 Å². The second kappa shape index (κ2) is 7.55. The molecule has 0 aromatic carbocycles. The molecule has 1 atom stereocenters. The molecule has 2 aromatic heterocycles. The van der Waals surface area contributed by atoms with Gasteiger partial charge in [-0.15, -0.1) is 0 Å². The number of halogens is 2. The van der Waals surface area contributed by atoms with Gasteiger partial charge in [-0.25, -0.2) is 23.7 Å². The molecule has 0 aliphatic heterocycles. The average molecular weight is 332 g/mol. The quantitative estimate of drug-likeness (QED) is 0.756. The van der Waals surface area contributed by atoms with E-state index in [2.05, 4.69) is 15.0 Å². The Labute approximate surface area is 137 Å². The summed E-state index contributed by atoms with van der Waals surface area (Å²) in [5.74, 6) is -1.76. The summed E-state index contributed by atoms with van der Waals surface area (Å²) < 4.78 is 29.1. The van der Waals surface area contributed by atoms with Crippen molar-refractivity contribution in [3.8, 4) is 11.9 Å². The van der Waals surface area contributed by atoms with Crippen molar-refractivity contribution in [2.75, 3.05) is 6.61 Å². The summed E-state index contributed by atoms with van der Waals surface area (Å²) in [6, 6.07) is 6.21. The van der Waals surface area contributed by atoms with Crippen LogP contribution in [0.15, 0.2) is 24.4 Å². The van der Waals surface area contributed by atoms with Crippen LogP contribution in [-0.2, 0) is 0 Å². The lowest BCUT2D eigenvalue weighted by molar-refractivity contribution is 0.0795. The molecule has 6 nitrogen and oxygen atoms in total. The smallest absolute Gasteiger partial charge is 0.272 e. The van der Waals surface area contributed by atoms with Crippen molar-refractivity contribution < 1.29 is 18.3 Å². The number of carbonyl (C=O) groups excluding carboxylic acids is 1. The average Bonchev–Trinajstić information content (AvgIpc) is 2.53. The highest BCUT2D eigenvalue weighted by Gasteiger charge is 2.25. The first-order valence-electron chi connectivity index (χ1n) is 7.03. The van der Waals surface area contributed by atoms with Crippen molar-refractivity contribution in [3.05, 3.63) is 47.2 Å². The molecule has 0 aliphatic carbocycles. The minimum atomic E-state index is -2.65. The Morgan fingerprint density at radius 2 is 1.96 bits per heavy atom. The summed E-state index contributed by atoms with van der Waals surface area (Å²) in [6.45, 7) is 2.64. The molecule has 2 rings (SSSR count). The molecular weight excluding hydrogens is 318 g/mol. The first-order valence-corrected chi connectivity index (χ1v) is 7.03. The number of nitrogens with zero attached hydrogens (tertiary/aromatic N) is 4. The summed E-state index contributed by atoms with van der Waals surface area (Å²) in [4.78, 5) is 24.6. The molecule has 0 fully saturated rings. The van der Waals surface area contributed by atoms with E-state index in [9.17, 15) is 18.8 Å². The minimum Gasteiger partial charge on any atom is -0.472 e. The fourth-order valence-corrected chi connectivity index (χ4v) is 2.07. The van der Waals surface area contributed by atoms with Crippen LogP contribution in [0.1, 0.15) is 33.5 Å². The van der Waals surface area contributed by atoms with Crippen LogP contribution in [0.4, 0.5) is 8.78 Å². The molecule has 124 valence electrons. The maximum Gasteiger partial charge on any atom is 0.272 e. The van der Waals surface area contributed by atoms with Gasteiger partial charge >= 0.3 is 0 Å². The van der Waals surface area contributed by atoms with E-state index in [1.807, 2.05) is 6.07 Å². The second-order valence-electron chi connectivity index (χ2n) is 5.02. The Morgan fingerprint density at radius 3 is 2.54 bits per heavy atom. The fourth-order valence-electron chi connectivity index (χ4n) is 2.07. The van der Waals surface area contributed by atoms with Crippen molar-refractivity contribution in [1.82, 2.24) is 15.0 Å². The maximum atomic E-state index is 12.6. The van der Waals surface area contributed by atoms with E-state index in [4.69, 9.17) is 4.74 Å². The lowest BCUT2D eigenvalue weighted by Gasteiger charge is -2.10. The largest absolute Gasteiger partial charge is 0.472 e. The molecule has 2 aromatic rings. The molecule has 0 saturated carbocycles. The van der Waals surface area contributed by atoms with E-state index >= 15 is 0 Å². The number of carbonyl (C=O) groups is 1. The molecule has 0 saturated heterocycles. The number of aromatic nitrogens is 3. The van der Waals surface area contributed by atoms with E-state index < -0.39 is 24.7 Å². The molecular formula is C16H14F2N4O2. The molecule has 2 heterocycles. The Bertz CT molecular complexity index is 770. The summed E-state index contributed by atoms with van der Waals surface area (Å²) in [5, 5.41) is 9.34. The Balaban J connectivity index is 2.28. The summed E-state index contributed by atoms with van der Waals surface area (Å²) in [7, 11) is 0. The van der Waals surface area contributed by atoms with E-state index in [1.165, 1.54) is 18.3 Å². The predicted octanol–water partition coefficient (Wildman–Crippen LogP) is 2.62. The van der Waals surface area contributed by atoms with Crippen LogP contribution in [0.3, 0.4) is 0 Å². The standard InChI is InChI=1S/C16H14F2N4O2/c1-9-5-10(2)22-16(21-9)12(7-19)15(23)11-3-4-20-14(6-11)24-8-13(17)18/h3-6,12-13H,8H2,1-2H3/t12-/m0/s1. The zero-order chi connectivity index (χ0) is 17.7. The Kier molecular flexibility index (Phi) is 5.47. The summed E-state index contributed by atoms with van der Waals surface area (Å²) in [6.07, 6.45) is -1.40. The SMILES string of the molecule is Cc1cc(C)nc([C@@H](C#N)C(=O)c2ccnc(OCC(F)F)c2)n1. The zero-order valence-corrected chi connectivity index (χ0v) is 13.0. The van der Waals surface area contributed by atoms with E-state index in [1.54, 1.807) is 19.9 Å². The number of ether oxygens (including phenoxy) is 1. The number of ketones is 1. The van der Waals surface area contributed by atoms with E-state index in [0.29, 0.717) is 11.4 Å². The van der Waals surface area contributed by atoms with Gasteiger partial charge in [-0.1, -0.05) is 0 Å². The monoisotopic (exact) mass is 332 g/mol. The molecule has 0 radical (unpaired) electrons. The molecule has 0 bridgehead atoms. The third-order valence-corrected chi connectivity index (χ3v) is 3.03. The first-order chi connectivity index (χ1) is 11.4. The number of aryl methyl sites for hydroxylation is 2. The second-order valence-corrected chi connectivity index (χ2v) is 5.02. The van der Waals surface area contributed by atoms with Gasteiger partial charge in [0.2, 0.25) is 5.88 Å². The van der Waals surface area contributed by atoms with Crippen molar-refractivity contribution >= 4 is 5.78 Å². The highest BCUT2D eigenvalue weighted by Crippen LogP contribution is 2.20. The van der Waals surface area contributed by atoms with E-state index in [-0.39, 0.29) is 17.3 Å². The molecule has 8 heteroatoms. The molecule has 0 unspecified atom stereocenters. The van der Waals surface area contributed by atoms with Gasteiger partial charge in [0.05, 0.1) is 6.07 Å². The number of hydrogen-bond acceptors (Lipinski definition) is 6. The normalized spacial score (nSPS) is 11.8. The summed E-state index contributed by atoms with van der Waals surface area (Å²) >= 11 is 0. The zero-order valence-electron chi connectivity index (χ0n) is 13.0. The van der Waals surface area contributed by atoms with Crippen LogP contribution in [0.2, 0.25) is 0 Å². The van der Waals surface area contributed by atoms with Crippen molar-refractivity contribution in [3.63, 3.8) is 0 Å². The van der Waals surface area contributed by atoms with Crippen molar-refractivity contribution in [2.45, 2.75) is 26.2 Å². The molecule has 0 N–H and O–H groups in total. The number of hydrogen-bond donors (Lipinski definition) is 0. The lowest BCUT2D eigenvalue weighted by atomic mass is 9.98. The van der Waals surface area contributed by atoms with E-state index in [0.717, 1.165) is 0 Å². The lowest BCUT2D eigenvalue weighted by Crippen LogP contribution is -2.16. The molecule has 0 spiro atoms. The van der Waals surface area contributed by atoms with Crippen molar-refractivity contribution in [1.29, 1.82) is 5.26 Å². The molecule has 0 amide bonds. The number of nitriles is 1. The highest BCUT2D eigenvalue weighted by molar-refractivity contribution is 6.02. The van der Waals surface area contributed by atoms with Gasteiger partial charge in [-0.05, 0) is 26.0 Å². The number of rotatable bonds is 6. The summed E-state index contributed by atoms with van der Waals surface area (Å²) in [5.41, 5.74) is 1.39. The predicted molar refractivity (Wildman–Crippen MR) is 79.9 cm³/mol. The Hall–Kier alpha value is -2.95. The van der Waals surface area contributed by atoms with Gasteiger partial charge < -0.3 is 4.74 Å². The molecule has 0 aliphatic rings. The van der Waals surface area contributed by atoms with Gasteiger partial charge in [-0.2, -0.15) is 5.26 Å². The third-order valence-electron chi connectivity index (χ3n) is 3.03. The van der Waals surface area contributed by atoms with Crippen LogP contribution in [0.5, 0.6) is 5.88 Å². The minimum absolute atomic E-state index is 0.104. The van der Waals surface area contributed by atoms with Gasteiger partial charge in [0.25, 0.3) is 6.43 Å². The van der Waals surface area contributed by atoms with Crippen LogP contribution in [0, 0.1) is 25.2 Å². The van der Waals surface area contributed by atoms with Crippen LogP contribution >= 0.6 is 0 Å². The van der Waals surface area contributed by atoms with Gasteiger partial charge in [0, 0.05) is 29.2 Å². The number of pyridine rings is 1. The Morgan fingerprint density at radius 1 is 1.29 bits per heavy atom. The number of alkyl halides is 2. The highest BCUT2D eigenvalue weighted by atomic mass is 19.3. The molecule has 24 heavy (non-hydrogen) atoms. The third kappa shape index (κ3) is 4.29. The van der Waals surface area contributed by atoms with Gasteiger partial charge in [-0.3, -0.25) is 4.79 Å². The van der Waals surface area contributed by atoms with Gasteiger partial charge in [0.1, 0.15) is 0 Å². The maximum absolute atomic E-state index is 12.6. The van der Waals surface area contributed by atoms with Gasteiger partial charge in [0.15, 0.2) is 24.1 Å². The van der Waals surface area contributed by atoms with Crippen molar-refractivity contribution in [2.24, 2.45) is 0 Å². The number of Topliss-reactive ketones (excluding diaryl/α,β-unsaturated/α-hetero) is 1. The topological polar surface area (TPSA) is 88.8 Å². The first kappa shape index (κ1) is 17.4. The van der Waals surface area contributed by atoms with Crippen LogP contribution < -0.4 is 4.74 Å². The van der Waals surface area contributed by atoms with Crippen LogP contribution in [0.25, 0.3) is 0 Å².